The van der Waals surface area contributed by atoms with E-state index in [4.69, 9.17) is 9.47 Å². The van der Waals surface area contributed by atoms with Gasteiger partial charge in [-0.2, -0.15) is 16.3 Å². The second kappa shape index (κ2) is 7.58. The van der Waals surface area contributed by atoms with Crippen LogP contribution in [0.3, 0.4) is 0 Å². The van der Waals surface area contributed by atoms with Gasteiger partial charge in [0.15, 0.2) is 11.6 Å². The number of thiophene rings is 1. The number of halogens is 1. The fourth-order valence-electron chi connectivity index (χ4n) is 1.84. The molecule has 2 heterocycles. The molecule has 0 aliphatic heterocycles. The van der Waals surface area contributed by atoms with Crippen LogP contribution in [0.2, 0.25) is 0 Å². The van der Waals surface area contributed by atoms with E-state index in [1.165, 1.54) is 11.3 Å². The van der Waals surface area contributed by atoms with Crippen molar-refractivity contribution in [2.24, 2.45) is 0 Å². The number of urea groups is 1. The number of amides is 2. The molecule has 0 aliphatic carbocycles. The van der Waals surface area contributed by atoms with Crippen molar-refractivity contribution in [2.75, 3.05) is 17.7 Å². The summed E-state index contributed by atoms with van der Waals surface area (Å²) in [7, 11) is 1.55. The lowest BCUT2D eigenvalue weighted by atomic mass is 10.3. The van der Waals surface area contributed by atoms with Crippen LogP contribution in [0.5, 0.6) is 17.5 Å². The molecule has 1 aromatic carbocycles. The molecule has 3 rings (SSSR count). The van der Waals surface area contributed by atoms with Gasteiger partial charge in [0.05, 0.1) is 19.0 Å². The van der Waals surface area contributed by atoms with Crippen LogP contribution >= 0.6 is 11.3 Å². The van der Waals surface area contributed by atoms with E-state index >= 15 is 0 Å². The summed E-state index contributed by atoms with van der Waals surface area (Å²) < 4.78 is 24.3. The molecule has 9 heteroatoms. The van der Waals surface area contributed by atoms with Gasteiger partial charge in [0.2, 0.25) is 0 Å². The van der Waals surface area contributed by atoms with Gasteiger partial charge in [-0.1, -0.05) is 0 Å². The van der Waals surface area contributed by atoms with Crippen molar-refractivity contribution in [3.05, 3.63) is 53.1 Å². The maximum atomic E-state index is 13.8. The Labute approximate surface area is 146 Å². The zero-order chi connectivity index (χ0) is 17.6. The summed E-state index contributed by atoms with van der Waals surface area (Å²) in [5, 5.41) is 8.43. The minimum atomic E-state index is -0.775. The number of nitrogens with zero attached hydrogens (tertiary/aromatic N) is 2. The molecule has 2 amide bonds. The minimum Gasteiger partial charge on any atom is -0.497 e. The summed E-state index contributed by atoms with van der Waals surface area (Å²) in [6.07, 6.45) is 0.923. The Balaban J connectivity index is 1.69. The molecule has 25 heavy (non-hydrogen) atoms. The first-order valence-electron chi connectivity index (χ1n) is 7.08. The number of hydrogen-bond acceptors (Lipinski definition) is 6. The number of benzene rings is 1. The number of aromatic nitrogens is 2. The third-order valence-electron chi connectivity index (χ3n) is 3.00. The first-order chi connectivity index (χ1) is 12.1. The lowest BCUT2D eigenvalue weighted by Gasteiger charge is -2.09. The monoisotopic (exact) mass is 360 g/mol. The molecule has 128 valence electrons. The highest BCUT2D eigenvalue weighted by Gasteiger charge is 2.12. The van der Waals surface area contributed by atoms with E-state index in [1.807, 2.05) is 5.38 Å². The van der Waals surface area contributed by atoms with Crippen molar-refractivity contribution in [3.8, 4) is 17.5 Å². The predicted molar refractivity (Wildman–Crippen MR) is 92.0 cm³/mol. The number of methoxy groups -OCH3 is 1. The molecule has 0 saturated carbocycles. The first-order valence-corrected chi connectivity index (χ1v) is 8.03. The molecule has 0 fully saturated rings. The molecule has 3 aromatic rings. The SMILES string of the molecule is COc1ccc(Oc2ncc(F)c(NC(=O)Nc3ccsc3)n2)cc1. The van der Waals surface area contributed by atoms with E-state index in [0.29, 0.717) is 17.2 Å². The molecule has 0 spiro atoms. The first kappa shape index (κ1) is 16.7. The number of hydrogen-bond donors (Lipinski definition) is 2. The minimum absolute atomic E-state index is 0.0996. The van der Waals surface area contributed by atoms with Crippen molar-refractivity contribution in [2.45, 2.75) is 0 Å². The van der Waals surface area contributed by atoms with Gasteiger partial charge in [0.1, 0.15) is 11.5 Å². The van der Waals surface area contributed by atoms with Gasteiger partial charge in [-0.15, -0.1) is 0 Å². The van der Waals surface area contributed by atoms with Crippen LogP contribution in [0.1, 0.15) is 0 Å². The highest BCUT2D eigenvalue weighted by atomic mass is 32.1. The Kier molecular flexibility index (Phi) is 5.05. The van der Waals surface area contributed by atoms with Gasteiger partial charge in [-0.25, -0.2) is 14.2 Å². The van der Waals surface area contributed by atoms with E-state index in [1.54, 1.807) is 42.8 Å². The Morgan fingerprint density at radius 2 is 1.92 bits per heavy atom. The lowest BCUT2D eigenvalue weighted by Crippen LogP contribution is -2.20. The van der Waals surface area contributed by atoms with E-state index in [0.717, 1.165) is 6.20 Å². The van der Waals surface area contributed by atoms with Crippen molar-refractivity contribution in [3.63, 3.8) is 0 Å². The summed E-state index contributed by atoms with van der Waals surface area (Å²) in [5.74, 6) is 0.0507. The molecule has 0 bridgehead atoms. The largest absolute Gasteiger partial charge is 0.497 e. The normalized spacial score (nSPS) is 10.2. The molecule has 0 atom stereocenters. The summed E-state index contributed by atoms with van der Waals surface area (Å²) in [6, 6.07) is 7.71. The van der Waals surface area contributed by atoms with Gasteiger partial charge < -0.3 is 14.8 Å². The van der Waals surface area contributed by atoms with Crippen LogP contribution in [0.4, 0.5) is 20.7 Å². The van der Waals surface area contributed by atoms with Crippen LogP contribution in [0.25, 0.3) is 0 Å². The van der Waals surface area contributed by atoms with Gasteiger partial charge >= 0.3 is 12.0 Å². The van der Waals surface area contributed by atoms with Crippen LogP contribution in [-0.4, -0.2) is 23.1 Å². The standard InChI is InChI=1S/C16H13FN4O3S/c1-23-11-2-4-12(5-3-11)24-16-18-8-13(17)14(21-16)20-15(22)19-10-6-7-25-9-10/h2-9H,1H3,(H2,18,19,20,21,22). The van der Waals surface area contributed by atoms with Crippen molar-refractivity contribution in [1.29, 1.82) is 0 Å². The Bertz CT molecular complexity index is 856. The van der Waals surface area contributed by atoms with Crippen LogP contribution in [-0.2, 0) is 0 Å². The predicted octanol–water partition coefficient (Wildman–Crippen LogP) is 4.12. The number of carbonyl (C=O) groups excluding carboxylic acids is 1. The van der Waals surface area contributed by atoms with Gasteiger partial charge in [0.25, 0.3) is 0 Å². The van der Waals surface area contributed by atoms with Crippen LogP contribution in [0.15, 0.2) is 47.3 Å². The topological polar surface area (TPSA) is 85.4 Å². The maximum absolute atomic E-state index is 13.8. The van der Waals surface area contributed by atoms with E-state index < -0.39 is 11.8 Å². The molecule has 0 unspecified atom stereocenters. The lowest BCUT2D eigenvalue weighted by molar-refractivity contribution is 0.262. The zero-order valence-corrected chi connectivity index (χ0v) is 13.8. The molecule has 0 radical (unpaired) electrons. The van der Waals surface area contributed by atoms with Crippen molar-refractivity contribution >= 4 is 28.9 Å². The van der Waals surface area contributed by atoms with E-state index in [2.05, 4.69) is 20.6 Å². The fraction of sp³-hybridized carbons (Fsp3) is 0.0625. The number of ether oxygens (including phenoxy) is 2. The van der Waals surface area contributed by atoms with Gasteiger partial charge in [0, 0.05) is 5.38 Å². The van der Waals surface area contributed by atoms with Crippen molar-refractivity contribution < 1.29 is 18.7 Å². The maximum Gasteiger partial charge on any atom is 0.324 e. The van der Waals surface area contributed by atoms with Crippen molar-refractivity contribution in [1.82, 2.24) is 9.97 Å². The van der Waals surface area contributed by atoms with E-state index in [-0.39, 0.29) is 11.8 Å². The molecule has 0 aliphatic rings. The molecule has 2 N–H and O–H groups in total. The Hall–Kier alpha value is -3.20. The number of rotatable bonds is 5. The van der Waals surface area contributed by atoms with E-state index in [9.17, 15) is 9.18 Å². The highest BCUT2D eigenvalue weighted by Crippen LogP contribution is 2.23. The van der Waals surface area contributed by atoms with Gasteiger partial charge in [-0.3, -0.25) is 5.32 Å². The molecule has 0 saturated heterocycles. The second-order valence-electron chi connectivity index (χ2n) is 4.72. The Morgan fingerprint density at radius 1 is 1.16 bits per heavy atom. The average Bonchev–Trinajstić information content (AvgIpc) is 3.11. The third-order valence-corrected chi connectivity index (χ3v) is 3.68. The zero-order valence-electron chi connectivity index (χ0n) is 13.0. The summed E-state index contributed by atoms with van der Waals surface area (Å²) in [5.41, 5.74) is 0.603. The molecular weight excluding hydrogens is 347 g/mol. The smallest absolute Gasteiger partial charge is 0.324 e. The van der Waals surface area contributed by atoms with Gasteiger partial charge in [-0.05, 0) is 35.7 Å². The molecular formula is C16H13FN4O3S. The average molecular weight is 360 g/mol. The summed E-state index contributed by atoms with van der Waals surface area (Å²) in [6.45, 7) is 0. The second-order valence-corrected chi connectivity index (χ2v) is 5.50. The number of anilines is 2. The molecule has 7 nitrogen and oxygen atoms in total. The quantitative estimate of drug-likeness (QED) is 0.715. The summed E-state index contributed by atoms with van der Waals surface area (Å²) >= 11 is 1.43. The fourth-order valence-corrected chi connectivity index (χ4v) is 2.43. The van der Waals surface area contributed by atoms with Crippen LogP contribution < -0.4 is 20.1 Å². The third kappa shape index (κ3) is 4.42. The number of carbonyl (C=O) groups is 1. The number of nitrogens with one attached hydrogen (secondary N) is 2. The highest BCUT2D eigenvalue weighted by molar-refractivity contribution is 7.08. The summed E-state index contributed by atoms with van der Waals surface area (Å²) in [4.78, 5) is 19.5. The Morgan fingerprint density at radius 3 is 2.60 bits per heavy atom. The van der Waals surface area contributed by atoms with Crippen LogP contribution in [0, 0.1) is 5.82 Å². The molecule has 2 aromatic heterocycles.